The van der Waals surface area contributed by atoms with Crippen molar-refractivity contribution in [2.75, 3.05) is 0 Å². The summed E-state index contributed by atoms with van der Waals surface area (Å²) in [6, 6.07) is 20.5. The molecular formula is C26H24FNO3. The zero-order valence-corrected chi connectivity index (χ0v) is 17.5. The fourth-order valence-corrected chi connectivity index (χ4v) is 3.89. The molecule has 1 N–H and O–H groups in total. The molecule has 0 spiro atoms. The second kappa shape index (κ2) is 8.64. The Hall–Kier alpha value is -3.60. The fraction of sp³-hybridized carbons (Fsp3) is 0.192. The van der Waals surface area contributed by atoms with Gasteiger partial charge in [0.2, 0.25) is 0 Å². The number of halogens is 1. The third-order valence-corrected chi connectivity index (χ3v) is 5.57. The first kappa shape index (κ1) is 20.7. The molecule has 0 saturated heterocycles. The highest BCUT2D eigenvalue weighted by Crippen LogP contribution is 2.27. The van der Waals surface area contributed by atoms with E-state index in [9.17, 15) is 9.18 Å². The van der Waals surface area contributed by atoms with Gasteiger partial charge in [0.15, 0.2) is 0 Å². The van der Waals surface area contributed by atoms with Crippen molar-refractivity contribution < 1.29 is 19.0 Å². The number of hydrogen-bond acceptors (Lipinski definition) is 2. The quantitative estimate of drug-likeness (QED) is 0.387. The predicted molar refractivity (Wildman–Crippen MR) is 119 cm³/mol. The van der Waals surface area contributed by atoms with Crippen molar-refractivity contribution in [1.29, 1.82) is 0 Å². The van der Waals surface area contributed by atoms with E-state index in [4.69, 9.17) is 9.84 Å². The van der Waals surface area contributed by atoms with Crippen LogP contribution in [-0.2, 0) is 11.4 Å². The molecule has 0 amide bonds. The number of carboxylic acid groups (broad SMARTS) is 1. The molecule has 4 aromatic rings. The summed E-state index contributed by atoms with van der Waals surface area (Å²) in [7, 11) is 0. The lowest BCUT2D eigenvalue weighted by atomic mass is 9.98. The molecule has 0 bridgehead atoms. The average Bonchev–Trinajstić information content (AvgIpc) is 3.16. The van der Waals surface area contributed by atoms with Gasteiger partial charge < -0.3 is 14.4 Å². The van der Waals surface area contributed by atoms with E-state index in [2.05, 4.69) is 4.57 Å². The van der Waals surface area contributed by atoms with Crippen LogP contribution in [0.5, 0.6) is 5.75 Å². The lowest BCUT2D eigenvalue weighted by molar-refractivity contribution is -0.137. The van der Waals surface area contributed by atoms with Crippen LogP contribution in [-0.4, -0.2) is 15.6 Å². The molecule has 0 fully saturated rings. The van der Waals surface area contributed by atoms with Crippen LogP contribution in [0.25, 0.3) is 16.6 Å². The number of aromatic nitrogens is 1. The molecule has 158 valence electrons. The van der Waals surface area contributed by atoms with E-state index >= 15 is 0 Å². The topological polar surface area (TPSA) is 51.5 Å². The zero-order chi connectivity index (χ0) is 22.0. The molecule has 0 aliphatic carbocycles. The standard InChI is InChI=1S/C26H24FNO3/c1-17(15-26(29)30)19-6-9-22(10-7-19)31-16-20-4-3-5-25-23(20)12-13-28(25)24-11-8-21(27)14-18(24)2/h3-14,17H,15-16H2,1-2H3,(H,29,30). The molecule has 1 aromatic heterocycles. The molecule has 0 aliphatic rings. The van der Waals surface area contributed by atoms with Gasteiger partial charge in [-0.3, -0.25) is 4.79 Å². The second-order valence-corrected chi connectivity index (χ2v) is 7.82. The van der Waals surface area contributed by atoms with Gasteiger partial charge in [0.25, 0.3) is 0 Å². The van der Waals surface area contributed by atoms with Gasteiger partial charge >= 0.3 is 5.97 Å². The number of nitrogens with zero attached hydrogens (tertiary/aromatic N) is 1. The summed E-state index contributed by atoms with van der Waals surface area (Å²) in [6.45, 7) is 4.21. The number of rotatable bonds is 7. The first-order chi connectivity index (χ1) is 14.9. The molecule has 0 radical (unpaired) electrons. The number of fused-ring (bicyclic) bond motifs is 1. The summed E-state index contributed by atoms with van der Waals surface area (Å²) >= 11 is 0. The monoisotopic (exact) mass is 417 g/mol. The Labute approximate surface area is 180 Å². The summed E-state index contributed by atoms with van der Waals surface area (Å²) in [5.41, 5.74) is 4.88. The molecule has 1 unspecified atom stereocenters. The number of aliphatic carboxylic acids is 1. The van der Waals surface area contributed by atoms with Gasteiger partial charge in [-0.25, -0.2) is 4.39 Å². The van der Waals surface area contributed by atoms with Gasteiger partial charge in [-0.05, 0) is 72.0 Å². The Balaban J connectivity index is 1.53. The summed E-state index contributed by atoms with van der Waals surface area (Å²) in [5.74, 6) is -0.356. The lowest BCUT2D eigenvalue weighted by Crippen LogP contribution is -2.03. The molecule has 4 rings (SSSR count). The molecule has 1 heterocycles. The Morgan fingerprint density at radius 3 is 2.58 bits per heavy atom. The molecule has 5 heteroatoms. The maximum atomic E-state index is 13.5. The molecule has 4 nitrogen and oxygen atoms in total. The smallest absolute Gasteiger partial charge is 0.303 e. The van der Waals surface area contributed by atoms with Crippen LogP contribution in [0.4, 0.5) is 4.39 Å². The van der Waals surface area contributed by atoms with Crippen LogP contribution in [0.15, 0.2) is 72.9 Å². The van der Waals surface area contributed by atoms with Crippen molar-refractivity contribution in [1.82, 2.24) is 4.57 Å². The Bertz CT molecular complexity index is 1230. The van der Waals surface area contributed by atoms with Crippen molar-refractivity contribution in [3.05, 3.63) is 95.4 Å². The van der Waals surface area contributed by atoms with Crippen molar-refractivity contribution in [3.8, 4) is 11.4 Å². The normalized spacial score (nSPS) is 12.1. The molecule has 1 atom stereocenters. The lowest BCUT2D eigenvalue weighted by Gasteiger charge is -2.12. The van der Waals surface area contributed by atoms with E-state index in [-0.39, 0.29) is 18.2 Å². The molecular weight excluding hydrogens is 393 g/mol. The maximum absolute atomic E-state index is 13.5. The number of carboxylic acids is 1. The molecule has 0 aliphatic heterocycles. The highest BCUT2D eigenvalue weighted by molar-refractivity contribution is 5.85. The van der Waals surface area contributed by atoms with Crippen molar-refractivity contribution in [3.63, 3.8) is 0 Å². The summed E-state index contributed by atoms with van der Waals surface area (Å²) < 4.78 is 21.6. The van der Waals surface area contributed by atoms with Gasteiger partial charge in [0.1, 0.15) is 18.2 Å². The third-order valence-electron chi connectivity index (χ3n) is 5.57. The van der Waals surface area contributed by atoms with Gasteiger partial charge in [-0.1, -0.05) is 31.2 Å². The fourth-order valence-electron chi connectivity index (χ4n) is 3.89. The SMILES string of the molecule is Cc1cc(F)ccc1-n1ccc2c(COc3ccc(C(C)CC(=O)O)cc3)cccc21. The first-order valence-electron chi connectivity index (χ1n) is 10.2. The number of benzene rings is 3. The van der Waals surface area contributed by atoms with Crippen LogP contribution in [0.3, 0.4) is 0 Å². The Kier molecular flexibility index (Phi) is 5.76. The average molecular weight is 417 g/mol. The van der Waals surface area contributed by atoms with Crippen LogP contribution < -0.4 is 4.74 Å². The van der Waals surface area contributed by atoms with Gasteiger partial charge in [0.05, 0.1) is 11.9 Å². The third kappa shape index (κ3) is 4.45. The van der Waals surface area contributed by atoms with Gasteiger partial charge in [-0.15, -0.1) is 0 Å². The van der Waals surface area contributed by atoms with Crippen LogP contribution in [0.2, 0.25) is 0 Å². The molecule has 3 aromatic carbocycles. The summed E-state index contributed by atoms with van der Waals surface area (Å²) in [5, 5.41) is 10.0. The number of hydrogen-bond donors (Lipinski definition) is 1. The largest absolute Gasteiger partial charge is 0.489 e. The zero-order valence-electron chi connectivity index (χ0n) is 17.5. The van der Waals surface area contributed by atoms with E-state index < -0.39 is 5.97 Å². The minimum absolute atomic E-state index is 0.0463. The summed E-state index contributed by atoms with van der Waals surface area (Å²) in [4.78, 5) is 10.9. The highest BCUT2D eigenvalue weighted by Gasteiger charge is 2.12. The van der Waals surface area contributed by atoms with Crippen LogP contribution >= 0.6 is 0 Å². The van der Waals surface area contributed by atoms with Crippen LogP contribution in [0, 0.1) is 12.7 Å². The number of carbonyl (C=O) groups is 1. The van der Waals surface area contributed by atoms with Gasteiger partial charge in [-0.2, -0.15) is 0 Å². The van der Waals surface area contributed by atoms with Gasteiger partial charge in [0, 0.05) is 17.3 Å². The van der Waals surface area contributed by atoms with Crippen LogP contribution in [0.1, 0.15) is 36.0 Å². The highest BCUT2D eigenvalue weighted by atomic mass is 19.1. The van der Waals surface area contributed by atoms with E-state index in [1.807, 2.05) is 68.6 Å². The van der Waals surface area contributed by atoms with Crippen molar-refractivity contribution >= 4 is 16.9 Å². The summed E-state index contributed by atoms with van der Waals surface area (Å²) in [6.07, 6.45) is 2.10. The minimum Gasteiger partial charge on any atom is -0.489 e. The number of ether oxygens (including phenoxy) is 1. The molecule has 31 heavy (non-hydrogen) atoms. The first-order valence-corrected chi connectivity index (χ1v) is 10.2. The second-order valence-electron chi connectivity index (χ2n) is 7.82. The number of aryl methyl sites for hydroxylation is 1. The minimum atomic E-state index is -0.802. The van der Waals surface area contributed by atoms with E-state index in [0.717, 1.165) is 39.0 Å². The van der Waals surface area contributed by atoms with E-state index in [1.165, 1.54) is 12.1 Å². The Morgan fingerprint density at radius 2 is 1.87 bits per heavy atom. The van der Waals surface area contributed by atoms with E-state index in [1.54, 1.807) is 6.07 Å². The Morgan fingerprint density at radius 1 is 1.10 bits per heavy atom. The maximum Gasteiger partial charge on any atom is 0.303 e. The van der Waals surface area contributed by atoms with E-state index in [0.29, 0.717) is 6.61 Å². The molecule has 0 saturated carbocycles. The van der Waals surface area contributed by atoms with Crippen molar-refractivity contribution in [2.24, 2.45) is 0 Å². The predicted octanol–water partition coefficient (Wildman–Crippen LogP) is 6.24. The van der Waals surface area contributed by atoms with Crippen molar-refractivity contribution in [2.45, 2.75) is 32.8 Å².